The van der Waals surface area contributed by atoms with E-state index < -0.39 is 6.09 Å². The van der Waals surface area contributed by atoms with Gasteiger partial charge in [0.1, 0.15) is 12.4 Å². The number of carbonyl (C=O) groups excluding carboxylic acids is 2. The Morgan fingerprint density at radius 3 is 2.68 bits per heavy atom. The molecule has 1 aliphatic heterocycles. The summed E-state index contributed by atoms with van der Waals surface area (Å²) in [5, 5.41) is 0. The molecule has 1 aromatic carbocycles. The van der Waals surface area contributed by atoms with Gasteiger partial charge in [-0.1, -0.05) is 26.0 Å². The number of cyclic esters (lactones) is 1. The van der Waals surface area contributed by atoms with E-state index in [1.54, 1.807) is 13.2 Å². The molecule has 0 radical (unpaired) electrons. The summed E-state index contributed by atoms with van der Waals surface area (Å²) in [6.07, 6.45) is 3.27. The van der Waals surface area contributed by atoms with Crippen LogP contribution in [0.15, 0.2) is 30.3 Å². The summed E-state index contributed by atoms with van der Waals surface area (Å²) in [4.78, 5) is 25.2. The van der Waals surface area contributed by atoms with Crippen LogP contribution in [0.3, 0.4) is 0 Å². The van der Waals surface area contributed by atoms with Crippen molar-refractivity contribution >= 4 is 18.1 Å². The van der Waals surface area contributed by atoms with Gasteiger partial charge in [-0.2, -0.15) is 0 Å². The van der Waals surface area contributed by atoms with E-state index in [4.69, 9.17) is 9.47 Å². The van der Waals surface area contributed by atoms with Gasteiger partial charge in [0.05, 0.1) is 13.2 Å². The molecule has 118 valence electrons. The predicted molar refractivity (Wildman–Crippen MR) is 83.5 cm³/mol. The SMILES string of the molecule is COc1ccc(/C=C/C(=O)N2C(=O)OC[C@@H]2CC(C)C)cc1. The number of imide groups is 1. The Hall–Kier alpha value is -2.30. The van der Waals surface area contributed by atoms with Gasteiger partial charge < -0.3 is 9.47 Å². The maximum absolute atomic E-state index is 12.3. The molecule has 0 spiro atoms. The molecule has 0 saturated carbocycles. The van der Waals surface area contributed by atoms with Gasteiger partial charge in [0.25, 0.3) is 5.91 Å². The highest BCUT2D eigenvalue weighted by molar-refractivity contribution is 6.01. The second kappa shape index (κ2) is 7.11. The summed E-state index contributed by atoms with van der Waals surface area (Å²) in [7, 11) is 1.60. The van der Waals surface area contributed by atoms with E-state index in [0.29, 0.717) is 5.92 Å². The highest BCUT2D eigenvalue weighted by Gasteiger charge is 2.36. The van der Waals surface area contributed by atoms with Crippen LogP contribution in [0.5, 0.6) is 5.75 Å². The molecule has 5 nitrogen and oxygen atoms in total. The van der Waals surface area contributed by atoms with Crippen LogP contribution in [0.25, 0.3) is 6.08 Å². The van der Waals surface area contributed by atoms with E-state index in [-0.39, 0.29) is 18.6 Å². The standard InChI is InChI=1S/C17H21NO4/c1-12(2)10-14-11-22-17(20)18(14)16(19)9-6-13-4-7-15(21-3)8-5-13/h4-9,12,14H,10-11H2,1-3H3/b9-6+/t14-/m0/s1. The maximum atomic E-state index is 12.3. The molecule has 1 saturated heterocycles. The fourth-order valence-electron chi connectivity index (χ4n) is 2.41. The van der Waals surface area contributed by atoms with Crippen LogP contribution in [-0.2, 0) is 9.53 Å². The molecule has 0 N–H and O–H groups in total. The van der Waals surface area contributed by atoms with Crippen molar-refractivity contribution in [2.24, 2.45) is 5.92 Å². The molecule has 0 unspecified atom stereocenters. The van der Waals surface area contributed by atoms with E-state index in [2.05, 4.69) is 13.8 Å². The second-order valence-corrected chi connectivity index (χ2v) is 5.68. The van der Waals surface area contributed by atoms with Crippen molar-refractivity contribution in [2.45, 2.75) is 26.3 Å². The van der Waals surface area contributed by atoms with Crippen LogP contribution >= 0.6 is 0 Å². The number of rotatable bonds is 5. The fraction of sp³-hybridized carbons (Fsp3) is 0.412. The molecule has 0 aliphatic carbocycles. The first-order valence-electron chi connectivity index (χ1n) is 7.33. The first-order chi connectivity index (χ1) is 10.5. The number of nitrogens with zero attached hydrogens (tertiary/aromatic N) is 1. The average Bonchev–Trinajstić information content (AvgIpc) is 2.85. The second-order valence-electron chi connectivity index (χ2n) is 5.68. The largest absolute Gasteiger partial charge is 0.497 e. The van der Waals surface area contributed by atoms with E-state index in [1.807, 2.05) is 24.3 Å². The zero-order valence-electron chi connectivity index (χ0n) is 13.1. The normalized spacial score (nSPS) is 18.1. The quantitative estimate of drug-likeness (QED) is 0.784. The minimum Gasteiger partial charge on any atom is -0.497 e. The summed E-state index contributed by atoms with van der Waals surface area (Å²) < 4.78 is 10.1. The molecular weight excluding hydrogens is 282 g/mol. The van der Waals surface area contributed by atoms with Gasteiger partial charge in [0, 0.05) is 6.08 Å². The number of hydrogen-bond acceptors (Lipinski definition) is 4. The van der Waals surface area contributed by atoms with Gasteiger partial charge in [-0.25, -0.2) is 9.69 Å². The number of hydrogen-bond donors (Lipinski definition) is 0. The van der Waals surface area contributed by atoms with Gasteiger partial charge in [-0.05, 0) is 36.1 Å². The number of carbonyl (C=O) groups is 2. The van der Waals surface area contributed by atoms with Gasteiger partial charge in [-0.15, -0.1) is 0 Å². The van der Waals surface area contributed by atoms with Crippen molar-refractivity contribution in [2.75, 3.05) is 13.7 Å². The van der Waals surface area contributed by atoms with Crippen molar-refractivity contribution in [3.05, 3.63) is 35.9 Å². The lowest BCUT2D eigenvalue weighted by molar-refractivity contribution is -0.124. The minimum absolute atomic E-state index is 0.180. The summed E-state index contributed by atoms with van der Waals surface area (Å²) >= 11 is 0. The highest BCUT2D eigenvalue weighted by atomic mass is 16.6. The molecule has 1 aliphatic rings. The molecule has 1 atom stereocenters. The third-order valence-electron chi connectivity index (χ3n) is 3.48. The Balaban J connectivity index is 2.05. The lowest BCUT2D eigenvalue weighted by Crippen LogP contribution is -2.38. The highest BCUT2D eigenvalue weighted by Crippen LogP contribution is 2.20. The van der Waals surface area contributed by atoms with Gasteiger partial charge in [0.2, 0.25) is 0 Å². The van der Waals surface area contributed by atoms with Crippen LogP contribution < -0.4 is 4.74 Å². The van der Waals surface area contributed by atoms with Crippen molar-refractivity contribution in [3.63, 3.8) is 0 Å². The van der Waals surface area contributed by atoms with Crippen molar-refractivity contribution in [1.82, 2.24) is 4.90 Å². The lowest BCUT2D eigenvalue weighted by Gasteiger charge is -2.19. The molecule has 2 amide bonds. The average molecular weight is 303 g/mol. The zero-order chi connectivity index (χ0) is 16.1. The smallest absolute Gasteiger partial charge is 0.417 e. The maximum Gasteiger partial charge on any atom is 0.417 e. The Labute approximate surface area is 130 Å². The molecule has 1 heterocycles. The predicted octanol–water partition coefficient (Wildman–Crippen LogP) is 3.10. The van der Waals surface area contributed by atoms with Gasteiger partial charge in [-0.3, -0.25) is 4.79 Å². The first kappa shape index (κ1) is 16.1. The number of methoxy groups -OCH3 is 1. The topological polar surface area (TPSA) is 55.8 Å². The summed E-state index contributed by atoms with van der Waals surface area (Å²) in [6, 6.07) is 7.14. The van der Waals surface area contributed by atoms with E-state index in [9.17, 15) is 9.59 Å². The Kier molecular flexibility index (Phi) is 5.20. The number of ether oxygens (including phenoxy) is 2. The summed E-state index contributed by atoms with van der Waals surface area (Å²) in [5.41, 5.74) is 0.863. The molecule has 0 bridgehead atoms. The molecular formula is C17H21NO4. The van der Waals surface area contributed by atoms with Crippen LogP contribution in [0.4, 0.5) is 4.79 Å². The third kappa shape index (κ3) is 3.87. The molecule has 5 heteroatoms. The third-order valence-corrected chi connectivity index (χ3v) is 3.48. The molecule has 1 aromatic rings. The minimum atomic E-state index is -0.560. The van der Waals surface area contributed by atoms with Crippen LogP contribution in [0, 0.1) is 5.92 Å². The summed E-state index contributed by atoms with van der Waals surface area (Å²) in [5.74, 6) is 0.799. The lowest BCUT2D eigenvalue weighted by atomic mass is 10.0. The Morgan fingerprint density at radius 2 is 2.09 bits per heavy atom. The van der Waals surface area contributed by atoms with Crippen molar-refractivity contribution < 1.29 is 19.1 Å². The van der Waals surface area contributed by atoms with Crippen LogP contribution in [-0.4, -0.2) is 36.7 Å². The van der Waals surface area contributed by atoms with Crippen LogP contribution in [0.1, 0.15) is 25.8 Å². The van der Waals surface area contributed by atoms with E-state index in [1.165, 1.54) is 11.0 Å². The number of benzene rings is 1. The fourth-order valence-corrected chi connectivity index (χ4v) is 2.41. The Morgan fingerprint density at radius 1 is 1.41 bits per heavy atom. The van der Waals surface area contributed by atoms with E-state index >= 15 is 0 Å². The monoisotopic (exact) mass is 303 g/mol. The van der Waals surface area contributed by atoms with Crippen molar-refractivity contribution in [3.8, 4) is 5.75 Å². The Bertz CT molecular complexity index is 563. The molecule has 2 rings (SSSR count). The number of amides is 2. The van der Waals surface area contributed by atoms with Gasteiger partial charge >= 0.3 is 6.09 Å². The van der Waals surface area contributed by atoms with Gasteiger partial charge in [0.15, 0.2) is 0 Å². The van der Waals surface area contributed by atoms with E-state index in [0.717, 1.165) is 17.7 Å². The molecule has 1 fully saturated rings. The molecule has 0 aromatic heterocycles. The van der Waals surface area contributed by atoms with Crippen molar-refractivity contribution in [1.29, 1.82) is 0 Å². The zero-order valence-corrected chi connectivity index (χ0v) is 13.1. The summed E-state index contributed by atoms with van der Waals surface area (Å²) in [6.45, 7) is 4.39. The van der Waals surface area contributed by atoms with Crippen LogP contribution in [0.2, 0.25) is 0 Å². The first-order valence-corrected chi connectivity index (χ1v) is 7.33. The molecule has 22 heavy (non-hydrogen) atoms.